The largest absolute Gasteiger partial charge is 0.297 e. The molecule has 0 unspecified atom stereocenters. The fourth-order valence-corrected chi connectivity index (χ4v) is 3.35. The molecule has 20 heavy (non-hydrogen) atoms. The van der Waals surface area contributed by atoms with E-state index in [9.17, 15) is 17.6 Å². The van der Waals surface area contributed by atoms with Gasteiger partial charge in [-0.1, -0.05) is 0 Å². The van der Waals surface area contributed by atoms with E-state index in [-0.39, 0.29) is 23.6 Å². The number of nitrogens with two attached hydrogens (primary N) is 1. The molecule has 6 nitrogen and oxygen atoms in total. The third-order valence-electron chi connectivity index (χ3n) is 3.27. The summed E-state index contributed by atoms with van der Waals surface area (Å²) in [5.74, 6) is 4.28. The molecule has 1 saturated heterocycles. The minimum absolute atomic E-state index is 0.0809. The van der Waals surface area contributed by atoms with Gasteiger partial charge in [-0.05, 0) is 18.2 Å². The lowest BCUT2D eigenvalue weighted by atomic mass is 10.1. The van der Waals surface area contributed by atoms with Crippen molar-refractivity contribution in [2.75, 3.05) is 24.6 Å². The smallest absolute Gasteiger partial charge is 0.265 e. The van der Waals surface area contributed by atoms with Crippen LogP contribution in [0.15, 0.2) is 18.2 Å². The monoisotopic (exact) mass is 301 g/mol. The topological polar surface area (TPSA) is 92.5 Å². The van der Waals surface area contributed by atoms with Gasteiger partial charge in [-0.2, -0.15) is 0 Å². The summed E-state index contributed by atoms with van der Waals surface area (Å²) in [6, 6.07) is 3.99. The van der Waals surface area contributed by atoms with Gasteiger partial charge >= 0.3 is 0 Å². The molecule has 1 fully saturated rings. The second-order valence-electron chi connectivity index (χ2n) is 4.71. The molecule has 110 valence electrons. The van der Waals surface area contributed by atoms with Crippen LogP contribution in [0.3, 0.4) is 0 Å². The lowest BCUT2D eigenvalue weighted by molar-refractivity contribution is 0.0953. The van der Waals surface area contributed by atoms with E-state index in [0.717, 1.165) is 0 Å². The fourth-order valence-electron chi connectivity index (χ4n) is 2.07. The normalized spacial score (nSPS) is 18.7. The van der Waals surface area contributed by atoms with Crippen molar-refractivity contribution in [3.05, 3.63) is 35.1 Å². The highest BCUT2D eigenvalue weighted by molar-refractivity contribution is 7.91. The number of hydrogen-bond donors (Lipinski definition) is 2. The van der Waals surface area contributed by atoms with E-state index in [1.54, 1.807) is 0 Å². The molecule has 1 aromatic carbocycles. The van der Waals surface area contributed by atoms with Crippen molar-refractivity contribution in [2.45, 2.75) is 6.54 Å². The van der Waals surface area contributed by atoms with E-state index in [1.807, 2.05) is 10.3 Å². The molecule has 1 aromatic rings. The van der Waals surface area contributed by atoms with Crippen molar-refractivity contribution in [1.29, 1.82) is 0 Å². The summed E-state index contributed by atoms with van der Waals surface area (Å²) in [5, 5.41) is 0. The summed E-state index contributed by atoms with van der Waals surface area (Å²) in [4.78, 5) is 13.3. The first-order chi connectivity index (χ1) is 9.41. The van der Waals surface area contributed by atoms with Gasteiger partial charge in [0.15, 0.2) is 9.84 Å². The molecular weight excluding hydrogens is 285 g/mol. The number of nitrogens with one attached hydrogen (secondary N) is 1. The Kier molecular flexibility index (Phi) is 4.36. The van der Waals surface area contributed by atoms with Crippen LogP contribution in [0.25, 0.3) is 0 Å². The molecule has 1 aliphatic heterocycles. The number of carbonyl (C=O) groups excluding carboxylic acids is 1. The minimum atomic E-state index is -2.96. The van der Waals surface area contributed by atoms with Crippen LogP contribution in [0.2, 0.25) is 0 Å². The molecule has 2 rings (SSSR count). The predicted octanol–water partition coefficient (Wildman–Crippen LogP) is -0.340. The minimum Gasteiger partial charge on any atom is -0.297 e. The van der Waals surface area contributed by atoms with Crippen LogP contribution in [0.5, 0.6) is 0 Å². The van der Waals surface area contributed by atoms with Gasteiger partial charge in [0.25, 0.3) is 5.91 Å². The Labute approximate surface area is 116 Å². The summed E-state index contributed by atoms with van der Waals surface area (Å²) in [6.07, 6.45) is 0. The highest BCUT2D eigenvalue weighted by Gasteiger charge is 2.22. The number of amides is 1. The van der Waals surface area contributed by atoms with E-state index in [1.165, 1.54) is 18.2 Å². The Balaban J connectivity index is 2.11. The van der Waals surface area contributed by atoms with E-state index >= 15 is 0 Å². The van der Waals surface area contributed by atoms with Crippen molar-refractivity contribution < 1.29 is 17.6 Å². The molecule has 1 aliphatic rings. The summed E-state index contributed by atoms with van der Waals surface area (Å²) >= 11 is 0. The maximum atomic E-state index is 13.7. The van der Waals surface area contributed by atoms with Crippen LogP contribution in [-0.2, 0) is 16.4 Å². The van der Waals surface area contributed by atoms with Gasteiger partial charge in [-0.3, -0.25) is 15.1 Å². The number of sulfone groups is 1. The van der Waals surface area contributed by atoms with Gasteiger partial charge < -0.3 is 0 Å². The number of nitrogens with zero attached hydrogens (tertiary/aromatic N) is 1. The number of halogens is 1. The summed E-state index contributed by atoms with van der Waals surface area (Å²) < 4.78 is 36.4. The van der Waals surface area contributed by atoms with Crippen LogP contribution in [0.1, 0.15) is 15.9 Å². The van der Waals surface area contributed by atoms with Crippen molar-refractivity contribution >= 4 is 15.7 Å². The van der Waals surface area contributed by atoms with Crippen molar-refractivity contribution in [3.8, 4) is 0 Å². The van der Waals surface area contributed by atoms with Crippen molar-refractivity contribution in [3.63, 3.8) is 0 Å². The third-order valence-corrected chi connectivity index (χ3v) is 4.88. The van der Waals surface area contributed by atoms with Crippen LogP contribution in [0.4, 0.5) is 4.39 Å². The maximum absolute atomic E-state index is 13.7. The zero-order valence-electron chi connectivity index (χ0n) is 10.8. The first-order valence-electron chi connectivity index (χ1n) is 6.13. The lowest BCUT2D eigenvalue weighted by Gasteiger charge is -2.26. The molecule has 0 atom stereocenters. The molecule has 0 saturated carbocycles. The lowest BCUT2D eigenvalue weighted by Crippen LogP contribution is -2.39. The highest BCUT2D eigenvalue weighted by atomic mass is 32.2. The number of benzene rings is 1. The number of hydrogen-bond acceptors (Lipinski definition) is 5. The Bertz CT molecular complexity index is 604. The Morgan fingerprint density at radius 3 is 2.60 bits per heavy atom. The standard InChI is InChI=1S/C12H16FN3O3S/c13-11-2-1-9(12(17)15-14)7-10(11)8-16-3-5-20(18,19)6-4-16/h1-2,7H,3-6,8,14H2,(H,15,17). The van der Waals surface area contributed by atoms with Gasteiger partial charge in [0.2, 0.25) is 0 Å². The second-order valence-corrected chi connectivity index (χ2v) is 7.01. The first-order valence-corrected chi connectivity index (χ1v) is 7.95. The van der Waals surface area contributed by atoms with Gasteiger partial charge in [-0.15, -0.1) is 0 Å². The number of hydrazine groups is 1. The van der Waals surface area contributed by atoms with Crippen molar-refractivity contribution in [1.82, 2.24) is 10.3 Å². The molecular formula is C12H16FN3O3S. The molecule has 0 radical (unpaired) electrons. The Morgan fingerprint density at radius 1 is 1.35 bits per heavy atom. The van der Waals surface area contributed by atoms with E-state index < -0.39 is 21.6 Å². The molecule has 1 amide bonds. The molecule has 8 heteroatoms. The molecule has 0 aliphatic carbocycles. The van der Waals surface area contributed by atoms with E-state index in [0.29, 0.717) is 18.7 Å². The summed E-state index contributed by atoms with van der Waals surface area (Å²) in [5.41, 5.74) is 2.61. The van der Waals surface area contributed by atoms with Crippen LogP contribution in [-0.4, -0.2) is 43.8 Å². The Hall–Kier alpha value is -1.51. The molecule has 0 bridgehead atoms. The van der Waals surface area contributed by atoms with Gasteiger partial charge in [-0.25, -0.2) is 18.7 Å². The van der Waals surface area contributed by atoms with Gasteiger partial charge in [0.05, 0.1) is 11.5 Å². The highest BCUT2D eigenvalue weighted by Crippen LogP contribution is 2.15. The summed E-state index contributed by atoms with van der Waals surface area (Å²) in [7, 11) is -2.96. The number of carbonyl (C=O) groups is 1. The van der Waals surface area contributed by atoms with Crippen molar-refractivity contribution in [2.24, 2.45) is 5.84 Å². The maximum Gasteiger partial charge on any atom is 0.265 e. The third kappa shape index (κ3) is 3.53. The van der Waals surface area contributed by atoms with Crippen LogP contribution < -0.4 is 11.3 Å². The number of nitrogen functional groups attached to an aromatic ring is 1. The fraction of sp³-hybridized carbons (Fsp3) is 0.417. The Morgan fingerprint density at radius 2 is 2.00 bits per heavy atom. The molecule has 0 aromatic heterocycles. The molecule has 3 N–H and O–H groups in total. The van der Waals surface area contributed by atoms with E-state index in [4.69, 9.17) is 5.84 Å². The van der Waals surface area contributed by atoms with Crippen LogP contribution in [0, 0.1) is 5.82 Å². The average Bonchev–Trinajstić information content (AvgIpc) is 2.42. The summed E-state index contributed by atoms with van der Waals surface area (Å²) in [6.45, 7) is 1.01. The average molecular weight is 301 g/mol. The number of rotatable bonds is 3. The predicted molar refractivity (Wildman–Crippen MR) is 72.0 cm³/mol. The van der Waals surface area contributed by atoms with Crippen LogP contribution >= 0.6 is 0 Å². The first kappa shape index (κ1) is 14.9. The zero-order valence-corrected chi connectivity index (χ0v) is 11.6. The van der Waals surface area contributed by atoms with Gasteiger partial charge in [0, 0.05) is 30.8 Å². The second kappa shape index (κ2) is 5.86. The van der Waals surface area contributed by atoms with Gasteiger partial charge in [0.1, 0.15) is 5.82 Å². The molecule has 1 heterocycles. The molecule has 0 spiro atoms. The van der Waals surface area contributed by atoms with E-state index in [2.05, 4.69) is 0 Å². The zero-order chi connectivity index (χ0) is 14.8. The quantitative estimate of drug-likeness (QED) is 0.453. The SMILES string of the molecule is NNC(=O)c1ccc(F)c(CN2CCS(=O)(=O)CC2)c1.